The molecular formula is C23H42O4. The molecule has 0 aromatic rings. The van der Waals surface area contributed by atoms with E-state index in [-0.39, 0.29) is 36.3 Å². The zero-order chi connectivity index (χ0) is 20.1. The lowest BCUT2D eigenvalue weighted by Gasteiger charge is -2.23. The van der Waals surface area contributed by atoms with Gasteiger partial charge in [-0.3, -0.25) is 4.79 Å². The highest BCUT2D eigenvalue weighted by Gasteiger charge is 2.36. The summed E-state index contributed by atoms with van der Waals surface area (Å²) in [6.07, 6.45) is 13.5. The second kappa shape index (κ2) is 14.2. The van der Waals surface area contributed by atoms with E-state index in [2.05, 4.69) is 6.58 Å². The molecule has 0 amide bonds. The summed E-state index contributed by atoms with van der Waals surface area (Å²) in [5, 5.41) is 0. The summed E-state index contributed by atoms with van der Waals surface area (Å²) in [6, 6.07) is 0. The summed E-state index contributed by atoms with van der Waals surface area (Å²) in [7, 11) is 0. The summed E-state index contributed by atoms with van der Waals surface area (Å²) in [6.45, 7) is 12.4. The fourth-order valence-electron chi connectivity index (χ4n) is 3.62. The van der Waals surface area contributed by atoms with Crippen LogP contribution in [-0.2, 0) is 19.0 Å². The van der Waals surface area contributed by atoms with Gasteiger partial charge in [0, 0.05) is 0 Å². The van der Waals surface area contributed by atoms with Gasteiger partial charge in [-0.1, -0.05) is 31.8 Å². The molecule has 0 aromatic heterocycles. The number of unbranched alkanes of at least 4 members (excludes halogenated alkanes) is 6. The maximum Gasteiger partial charge on any atom is 0.309 e. The first-order chi connectivity index (χ1) is 12.9. The lowest BCUT2D eigenvalue weighted by atomic mass is 9.95. The second-order valence-electron chi connectivity index (χ2n) is 8.40. The number of hydrogen-bond acceptors (Lipinski definition) is 4. The van der Waals surface area contributed by atoms with Gasteiger partial charge in [0.1, 0.15) is 6.10 Å². The molecule has 1 fully saturated rings. The first kappa shape index (κ1) is 24.2. The van der Waals surface area contributed by atoms with Crippen LogP contribution in [0.3, 0.4) is 0 Å². The predicted molar refractivity (Wildman–Crippen MR) is 111 cm³/mol. The molecule has 0 aromatic carbocycles. The Morgan fingerprint density at radius 2 is 1.74 bits per heavy atom. The van der Waals surface area contributed by atoms with Gasteiger partial charge >= 0.3 is 5.97 Å². The number of ether oxygens (including phenoxy) is 3. The minimum absolute atomic E-state index is 0.0423. The zero-order valence-corrected chi connectivity index (χ0v) is 18.1. The molecule has 0 radical (unpaired) electrons. The normalized spacial score (nSPS) is 21.0. The van der Waals surface area contributed by atoms with E-state index in [1.165, 1.54) is 32.1 Å². The number of hydrogen-bond donors (Lipinski definition) is 0. The van der Waals surface area contributed by atoms with Crippen LogP contribution in [0.15, 0.2) is 12.7 Å². The van der Waals surface area contributed by atoms with Crippen LogP contribution in [0.1, 0.15) is 91.9 Å². The minimum Gasteiger partial charge on any atom is -0.462 e. The van der Waals surface area contributed by atoms with Crippen molar-refractivity contribution in [2.24, 2.45) is 5.92 Å². The van der Waals surface area contributed by atoms with Gasteiger partial charge in [0.25, 0.3) is 0 Å². The fraction of sp³-hybridized carbons (Fsp3) is 0.870. The van der Waals surface area contributed by atoms with E-state index in [1.807, 2.05) is 33.8 Å². The molecule has 27 heavy (non-hydrogen) atoms. The molecule has 1 aliphatic rings. The van der Waals surface area contributed by atoms with Gasteiger partial charge in [0.05, 0.1) is 30.8 Å². The minimum atomic E-state index is -0.0497. The van der Waals surface area contributed by atoms with Crippen molar-refractivity contribution < 1.29 is 19.0 Å². The molecule has 0 spiro atoms. The highest BCUT2D eigenvalue weighted by atomic mass is 16.6. The summed E-state index contributed by atoms with van der Waals surface area (Å²) in [4.78, 5) is 12.3. The van der Waals surface area contributed by atoms with Crippen molar-refractivity contribution in [1.82, 2.24) is 0 Å². The average molecular weight is 383 g/mol. The number of esters is 1. The van der Waals surface area contributed by atoms with E-state index in [1.54, 1.807) is 0 Å². The van der Waals surface area contributed by atoms with E-state index < -0.39 is 0 Å². The Kier molecular flexibility index (Phi) is 12.7. The van der Waals surface area contributed by atoms with E-state index in [9.17, 15) is 4.79 Å². The number of cyclic esters (lactones) is 1. The molecule has 1 aliphatic heterocycles. The topological polar surface area (TPSA) is 44.8 Å². The number of allylic oxidation sites excluding steroid dienone is 1. The Labute approximate surface area is 167 Å². The van der Waals surface area contributed by atoms with Crippen molar-refractivity contribution in [3.8, 4) is 0 Å². The van der Waals surface area contributed by atoms with Gasteiger partial charge in [-0.25, -0.2) is 0 Å². The third kappa shape index (κ3) is 11.5. The van der Waals surface area contributed by atoms with Crippen molar-refractivity contribution in [3.63, 3.8) is 0 Å². The van der Waals surface area contributed by atoms with Gasteiger partial charge in [-0.2, -0.15) is 0 Å². The highest BCUT2D eigenvalue weighted by Crippen LogP contribution is 2.29. The molecule has 158 valence electrons. The van der Waals surface area contributed by atoms with Gasteiger partial charge in [0.15, 0.2) is 0 Å². The van der Waals surface area contributed by atoms with Crippen LogP contribution in [-0.4, -0.2) is 37.0 Å². The van der Waals surface area contributed by atoms with E-state index in [0.29, 0.717) is 13.0 Å². The van der Waals surface area contributed by atoms with Crippen molar-refractivity contribution in [2.45, 2.75) is 116 Å². The Morgan fingerprint density at radius 3 is 2.37 bits per heavy atom. The van der Waals surface area contributed by atoms with E-state index in [4.69, 9.17) is 14.2 Å². The van der Waals surface area contributed by atoms with Crippen LogP contribution < -0.4 is 0 Å². The van der Waals surface area contributed by atoms with Crippen LogP contribution in [0, 0.1) is 5.92 Å². The first-order valence-electron chi connectivity index (χ1n) is 11.0. The van der Waals surface area contributed by atoms with Gasteiger partial charge < -0.3 is 14.2 Å². The lowest BCUT2D eigenvalue weighted by molar-refractivity contribution is -0.146. The lowest BCUT2D eigenvalue weighted by Crippen LogP contribution is -2.29. The molecule has 1 rings (SSSR count). The largest absolute Gasteiger partial charge is 0.462 e. The van der Waals surface area contributed by atoms with E-state index in [0.717, 1.165) is 25.7 Å². The summed E-state index contributed by atoms with van der Waals surface area (Å²) < 4.78 is 17.3. The molecule has 0 unspecified atom stereocenters. The molecular weight excluding hydrogens is 340 g/mol. The average Bonchev–Trinajstić information content (AvgIpc) is 2.94. The Bertz CT molecular complexity index is 405. The molecule has 0 bridgehead atoms. The molecule has 0 aliphatic carbocycles. The van der Waals surface area contributed by atoms with Crippen LogP contribution in [0.25, 0.3) is 0 Å². The quantitative estimate of drug-likeness (QED) is 0.191. The second-order valence-corrected chi connectivity index (χ2v) is 8.40. The predicted octanol–water partition coefficient (Wildman–Crippen LogP) is 5.83. The smallest absolute Gasteiger partial charge is 0.309 e. The summed E-state index contributed by atoms with van der Waals surface area (Å²) in [5.41, 5.74) is 0. The summed E-state index contributed by atoms with van der Waals surface area (Å²) >= 11 is 0. The Balaban J connectivity index is 2.25. The number of carbonyl (C=O) groups is 1. The highest BCUT2D eigenvalue weighted by molar-refractivity contribution is 5.74. The molecule has 1 heterocycles. The molecule has 4 nitrogen and oxygen atoms in total. The molecule has 0 N–H and O–H groups in total. The maximum absolute atomic E-state index is 12.3. The number of rotatable bonds is 16. The Morgan fingerprint density at radius 1 is 1.07 bits per heavy atom. The van der Waals surface area contributed by atoms with Crippen LogP contribution in [0.5, 0.6) is 0 Å². The standard InChI is InChI=1S/C23H42O4/c1-6-7-8-9-10-11-12-13-14-21-15-20(23(24)27-21)16-22(26-19(4)5)17-25-18(2)3/h6,18-22H,1,7-17H2,2-5H3/t20-,21+,22-/m1/s1. The van der Waals surface area contributed by atoms with Crippen LogP contribution in [0.4, 0.5) is 0 Å². The van der Waals surface area contributed by atoms with Gasteiger partial charge in [0.2, 0.25) is 0 Å². The van der Waals surface area contributed by atoms with Crippen LogP contribution >= 0.6 is 0 Å². The third-order valence-corrected chi connectivity index (χ3v) is 4.98. The van der Waals surface area contributed by atoms with Crippen LogP contribution in [0.2, 0.25) is 0 Å². The monoisotopic (exact) mass is 382 g/mol. The van der Waals surface area contributed by atoms with Crippen molar-refractivity contribution >= 4 is 5.97 Å². The van der Waals surface area contributed by atoms with Gasteiger partial charge in [-0.15, -0.1) is 6.58 Å². The summed E-state index contributed by atoms with van der Waals surface area (Å²) in [5.74, 6) is -0.0975. The van der Waals surface area contributed by atoms with Crippen molar-refractivity contribution in [3.05, 3.63) is 12.7 Å². The molecule has 0 saturated carbocycles. The molecule has 1 saturated heterocycles. The molecule has 4 heteroatoms. The van der Waals surface area contributed by atoms with Gasteiger partial charge in [-0.05, 0) is 66.2 Å². The van der Waals surface area contributed by atoms with Crippen molar-refractivity contribution in [1.29, 1.82) is 0 Å². The Hall–Kier alpha value is -0.870. The maximum atomic E-state index is 12.3. The fourth-order valence-corrected chi connectivity index (χ4v) is 3.62. The zero-order valence-electron chi connectivity index (χ0n) is 18.1. The number of carbonyl (C=O) groups excluding carboxylic acids is 1. The third-order valence-electron chi connectivity index (χ3n) is 4.98. The van der Waals surface area contributed by atoms with E-state index >= 15 is 0 Å². The first-order valence-corrected chi connectivity index (χ1v) is 11.0. The molecule has 3 atom stereocenters. The van der Waals surface area contributed by atoms with Crippen molar-refractivity contribution in [2.75, 3.05) is 6.61 Å². The SMILES string of the molecule is C=CCCCCCCCC[C@H]1C[C@H](C[C@H](COC(C)C)OC(C)C)C(=O)O1.